The number of benzene rings is 1. The lowest BCUT2D eigenvalue weighted by Crippen LogP contribution is -2.37. The second-order valence-electron chi connectivity index (χ2n) is 4.41. The summed E-state index contributed by atoms with van der Waals surface area (Å²) in [6.45, 7) is 3.62. The molecule has 0 bridgehead atoms. The van der Waals surface area contributed by atoms with E-state index in [1.807, 2.05) is 35.4 Å². The fourth-order valence-electron chi connectivity index (χ4n) is 1.83. The van der Waals surface area contributed by atoms with E-state index in [4.69, 9.17) is 0 Å². The van der Waals surface area contributed by atoms with E-state index >= 15 is 0 Å². The fraction of sp³-hybridized carbons (Fsp3) is 0.357. The summed E-state index contributed by atoms with van der Waals surface area (Å²) in [6.07, 6.45) is 5.12. The maximum Gasteiger partial charge on any atom is 0.322 e. The van der Waals surface area contributed by atoms with Crippen LogP contribution in [0.1, 0.15) is 13.3 Å². The summed E-state index contributed by atoms with van der Waals surface area (Å²) >= 11 is 1.69. The lowest BCUT2D eigenvalue weighted by atomic mass is 10.1. The fourth-order valence-corrected chi connectivity index (χ4v) is 2.24. The smallest absolute Gasteiger partial charge is 0.320 e. The summed E-state index contributed by atoms with van der Waals surface area (Å²) in [6, 6.07) is 7.89. The van der Waals surface area contributed by atoms with Gasteiger partial charge in [0.2, 0.25) is 0 Å². The number of urea groups is 1. The van der Waals surface area contributed by atoms with Gasteiger partial charge in [-0.15, -0.1) is 11.8 Å². The third-order valence-electron chi connectivity index (χ3n) is 3.06. The highest BCUT2D eigenvalue weighted by Crippen LogP contribution is 2.18. The van der Waals surface area contributed by atoms with E-state index in [0.717, 1.165) is 18.7 Å². The molecule has 0 spiro atoms. The Morgan fingerprint density at radius 2 is 2.06 bits per heavy atom. The van der Waals surface area contributed by atoms with Gasteiger partial charge in [-0.05, 0) is 43.9 Å². The van der Waals surface area contributed by atoms with Gasteiger partial charge in [-0.3, -0.25) is 0 Å². The van der Waals surface area contributed by atoms with Crippen molar-refractivity contribution in [2.24, 2.45) is 0 Å². The molecule has 2 rings (SSSR count). The zero-order chi connectivity index (χ0) is 13.0. The number of carbonyl (C=O) groups is 1. The van der Waals surface area contributed by atoms with Crippen molar-refractivity contribution in [3.05, 3.63) is 35.9 Å². The van der Waals surface area contributed by atoms with Gasteiger partial charge in [0.1, 0.15) is 0 Å². The van der Waals surface area contributed by atoms with Crippen molar-refractivity contribution in [1.29, 1.82) is 0 Å². The molecule has 1 aromatic carbocycles. The highest BCUT2D eigenvalue weighted by atomic mass is 32.2. The predicted octanol–water partition coefficient (Wildman–Crippen LogP) is 3.59. The van der Waals surface area contributed by atoms with Gasteiger partial charge in [0.05, 0.1) is 0 Å². The van der Waals surface area contributed by atoms with E-state index in [9.17, 15) is 4.79 Å². The molecule has 0 fully saturated rings. The molecule has 3 nitrogen and oxygen atoms in total. The summed E-state index contributed by atoms with van der Waals surface area (Å²) in [4.78, 5) is 15.0. The molecular weight excluding hydrogens is 244 g/mol. The van der Waals surface area contributed by atoms with Crippen LogP contribution in [0.25, 0.3) is 0 Å². The first-order valence-corrected chi connectivity index (χ1v) is 7.27. The average molecular weight is 262 g/mol. The Morgan fingerprint density at radius 3 is 2.61 bits per heavy atom. The third kappa shape index (κ3) is 3.29. The first kappa shape index (κ1) is 13.0. The molecule has 0 saturated carbocycles. The van der Waals surface area contributed by atoms with Gasteiger partial charge >= 0.3 is 6.03 Å². The van der Waals surface area contributed by atoms with Crippen molar-refractivity contribution in [3.8, 4) is 0 Å². The van der Waals surface area contributed by atoms with E-state index in [1.54, 1.807) is 11.8 Å². The van der Waals surface area contributed by atoms with Gasteiger partial charge in [0, 0.05) is 23.7 Å². The van der Waals surface area contributed by atoms with Crippen molar-refractivity contribution in [2.75, 3.05) is 24.7 Å². The number of nitrogens with one attached hydrogen (secondary N) is 1. The molecule has 18 heavy (non-hydrogen) atoms. The average Bonchev–Trinajstić information content (AvgIpc) is 2.40. The largest absolute Gasteiger partial charge is 0.322 e. The Labute approximate surface area is 112 Å². The van der Waals surface area contributed by atoms with E-state index in [-0.39, 0.29) is 6.03 Å². The SMILES string of the molecule is CSc1ccc(NC(=O)N2CC=C(C)CC2)cc1. The molecular formula is C14H18N2OS. The van der Waals surface area contributed by atoms with Gasteiger partial charge in [-0.2, -0.15) is 0 Å². The molecule has 1 aromatic rings. The van der Waals surface area contributed by atoms with Crippen molar-refractivity contribution in [2.45, 2.75) is 18.2 Å². The van der Waals surface area contributed by atoms with Crippen LogP contribution >= 0.6 is 11.8 Å². The van der Waals surface area contributed by atoms with Gasteiger partial charge in [-0.25, -0.2) is 4.79 Å². The molecule has 0 atom stereocenters. The molecule has 96 valence electrons. The highest BCUT2D eigenvalue weighted by Gasteiger charge is 2.15. The molecule has 0 saturated heterocycles. The van der Waals surface area contributed by atoms with Crippen molar-refractivity contribution in [1.82, 2.24) is 4.90 Å². The second-order valence-corrected chi connectivity index (χ2v) is 5.28. The first-order valence-electron chi connectivity index (χ1n) is 6.04. The number of anilines is 1. The summed E-state index contributed by atoms with van der Waals surface area (Å²) in [5.41, 5.74) is 2.22. The lowest BCUT2D eigenvalue weighted by Gasteiger charge is -2.25. The molecule has 1 N–H and O–H groups in total. The number of carbonyl (C=O) groups excluding carboxylic acids is 1. The van der Waals surface area contributed by atoms with Crippen LogP contribution in [0.3, 0.4) is 0 Å². The van der Waals surface area contributed by atoms with Gasteiger partial charge in [0.15, 0.2) is 0 Å². The quantitative estimate of drug-likeness (QED) is 0.652. The molecule has 1 aliphatic heterocycles. The maximum absolute atomic E-state index is 12.0. The topological polar surface area (TPSA) is 32.3 Å². The minimum absolute atomic E-state index is 0.0179. The van der Waals surface area contributed by atoms with Crippen LogP contribution in [0.5, 0.6) is 0 Å². The predicted molar refractivity (Wildman–Crippen MR) is 77.2 cm³/mol. The summed E-state index contributed by atoms with van der Waals surface area (Å²) in [5.74, 6) is 0. The van der Waals surface area contributed by atoms with Crippen LogP contribution in [0.15, 0.2) is 40.8 Å². The Kier molecular flexibility index (Phi) is 4.31. The van der Waals surface area contributed by atoms with Crippen LogP contribution in [-0.2, 0) is 0 Å². The molecule has 0 aliphatic carbocycles. The number of hydrogen-bond acceptors (Lipinski definition) is 2. The molecule has 0 unspecified atom stereocenters. The van der Waals surface area contributed by atoms with Crippen LogP contribution in [0.2, 0.25) is 0 Å². The van der Waals surface area contributed by atoms with E-state index < -0.39 is 0 Å². The molecule has 1 heterocycles. The molecule has 0 aromatic heterocycles. The maximum atomic E-state index is 12.0. The van der Waals surface area contributed by atoms with Crippen molar-refractivity contribution in [3.63, 3.8) is 0 Å². The first-order chi connectivity index (χ1) is 8.69. The van der Waals surface area contributed by atoms with Crippen LogP contribution in [-0.4, -0.2) is 30.3 Å². The normalized spacial score (nSPS) is 15.2. The lowest BCUT2D eigenvalue weighted by molar-refractivity contribution is 0.215. The zero-order valence-electron chi connectivity index (χ0n) is 10.8. The van der Waals surface area contributed by atoms with Crippen LogP contribution in [0, 0.1) is 0 Å². The molecule has 0 radical (unpaired) electrons. The Bertz CT molecular complexity index is 453. The summed E-state index contributed by atoms with van der Waals surface area (Å²) < 4.78 is 0. The third-order valence-corrected chi connectivity index (χ3v) is 3.81. The minimum atomic E-state index is -0.0179. The molecule has 2 amide bonds. The van der Waals surface area contributed by atoms with E-state index in [0.29, 0.717) is 6.54 Å². The number of nitrogens with zero attached hydrogens (tertiary/aromatic N) is 1. The number of amides is 2. The standard InChI is InChI=1S/C14H18N2OS/c1-11-7-9-16(10-8-11)14(17)15-12-3-5-13(18-2)6-4-12/h3-7H,8-10H2,1-2H3,(H,15,17). The van der Waals surface area contributed by atoms with Gasteiger partial charge in [-0.1, -0.05) is 11.6 Å². The van der Waals surface area contributed by atoms with Crippen molar-refractivity contribution < 1.29 is 4.79 Å². The Balaban J connectivity index is 1.94. The van der Waals surface area contributed by atoms with Crippen LogP contribution in [0.4, 0.5) is 10.5 Å². The summed E-state index contributed by atoms with van der Waals surface area (Å²) in [5, 5.41) is 2.93. The Hall–Kier alpha value is -1.42. The summed E-state index contributed by atoms with van der Waals surface area (Å²) in [7, 11) is 0. The number of hydrogen-bond donors (Lipinski definition) is 1. The highest BCUT2D eigenvalue weighted by molar-refractivity contribution is 7.98. The van der Waals surface area contributed by atoms with Crippen molar-refractivity contribution >= 4 is 23.5 Å². The second kappa shape index (κ2) is 5.96. The number of rotatable bonds is 2. The van der Waals surface area contributed by atoms with Gasteiger partial charge in [0.25, 0.3) is 0 Å². The van der Waals surface area contributed by atoms with E-state index in [1.165, 1.54) is 10.5 Å². The van der Waals surface area contributed by atoms with E-state index in [2.05, 4.69) is 18.3 Å². The monoisotopic (exact) mass is 262 g/mol. The minimum Gasteiger partial charge on any atom is -0.320 e. The molecule has 4 heteroatoms. The van der Waals surface area contributed by atoms with Crippen LogP contribution < -0.4 is 5.32 Å². The molecule has 1 aliphatic rings. The number of thioether (sulfide) groups is 1. The van der Waals surface area contributed by atoms with Gasteiger partial charge < -0.3 is 10.2 Å². The Morgan fingerprint density at radius 1 is 1.33 bits per heavy atom. The zero-order valence-corrected chi connectivity index (χ0v) is 11.6.